The Morgan fingerprint density at radius 2 is 1.81 bits per heavy atom. The molecule has 150 valence electrons. The molecule has 0 aromatic heterocycles. The summed E-state index contributed by atoms with van der Waals surface area (Å²) < 4.78 is 5.43. The van der Waals surface area contributed by atoms with Gasteiger partial charge < -0.3 is 15.0 Å². The van der Waals surface area contributed by atoms with Crippen molar-refractivity contribution in [2.75, 3.05) is 59.0 Å². The van der Waals surface area contributed by atoms with Crippen LogP contribution in [0.2, 0.25) is 0 Å². The minimum absolute atomic E-state index is 0.0492. The molecule has 6 nitrogen and oxygen atoms in total. The van der Waals surface area contributed by atoms with Crippen molar-refractivity contribution in [1.82, 2.24) is 20.0 Å². The third-order valence-corrected chi connectivity index (χ3v) is 5.69. The maximum absolute atomic E-state index is 12.6. The second kappa shape index (κ2) is 9.04. The summed E-state index contributed by atoms with van der Waals surface area (Å²) in [7, 11) is 0. The van der Waals surface area contributed by atoms with Crippen molar-refractivity contribution in [3.8, 4) is 0 Å². The van der Waals surface area contributed by atoms with Crippen molar-refractivity contribution >= 4 is 6.03 Å². The van der Waals surface area contributed by atoms with Crippen molar-refractivity contribution in [1.29, 1.82) is 0 Å². The maximum atomic E-state index is 12.6. The number of benzene rings is 1. The van der Waals surface area contributed by atoms with E-state index in [1.165, 1.54) is 11.1 Å². The van der Waals surface area contributed by atoms with Gasteiger partial charge in [0, 0.05) is 57.9 Å². The quantitative estimate of drug-likeness (QED) is 0.856. The van der Waals surface area contributed by atoms with E-state index in [1.54, 1.807) is 0 Å². The molecule has 2 amide bonds. The van der Waals surface area contributed by atoms with E-state index in [9.17, 15) is 4.79 Å². The highest BCUT2D eigenvalue weighted by Gasteiger charge is 2.29. The maximum Gasteiger partial charge on any atom is 0.317 e. The van der Waals surface area contributed by atoms with Crippen LogP contribution in [0, 0.1) is 6.92 Å². The first kappa shape index (κ1) is 20.1. The lowest BCUT2D eigenvalue weighted by atomic mass is 10.0. The zero-order valence-electron chi connectivity index (χ0n) is 17.0. The predicted octanol–water partition coefficient (Wildman–Crippen LogP) is 1.93. The van der Waals surface area contributed by atoms with E-state index in [4.69, 9.17) is 4.74 Å². The molecule has 0 atom stereocenters. The molecule has 0 radical (unpaired) electrons. The summed E-state index contributed by atoms with van der Waals surface area (Å²) in [6.45, 7) is 15.0. The Bertz CT molecular complexity index is 620. The molecule has 0 saturated carbocycles. The summed E-state index contributed by atoms with van der Waals surface area (Å²) in [6, 6.07) is 8.73. The Labute approximate surface area is 163 Å². The van der Waals surface area contributed by atoms with E-state index in [0.29, 0.717) is 6.54 Å². The van der Waals surface area contributed by atoms with Gasteiger partial charge in [0.25, 0.3) is 0 Å². The fraction of sp³-hybridized carbons (Fsp3) is 0.667. The minimum atomic E-state index is -0.0492. The van der Waals surface area contributed by atoms with E-state index in [1.807, 2.05) is 4.90 Å². The molecule has 2 fully saturated rings. The topological polar surface area (TPSA) is 48.0 Å². The van der Waals surface area contributed by atoms with Gasteiger partial charge in [-0.2, -0.15) is 0 Å². The van der Waals surface area contributed by atoms with Gasteiger partial charge in [0.05, 0.1) is 13.2 Å². The fourth-order valence-electron chi connectivity index (χ4n) is 3.86. The number of hydrogen-bond acceptors (Lipinski definition) is 4. The van der Waals surface area contributed by atoms with E-state index < -0.39 is 0 Å². The number of carbonyl (C=O) groups is 1. The number of ether oxygens (including phenoxy) is 1. The highest BCUT2D eigenvalue weighted by molar-refractivity contribution is 5.74. The second-order valence-electron chi connectivity index (χ2n) is 8.32. The van der Waals surface area contributed by atoms with Crippen molar-refractivity contribution < 1.29 is 9.53 Å². The predicted molar refractivity (Wildman–Crippen MR) is 108 cm³/mol. The van der Waals surface area contributed by atoms with Crippen molar-refractivity contribution in [2.24, 2.45) is 0 Å². The van der Waals surface area contributed by atoms with Gasteiger partial charge in [0.1, 0.15) is 0 Å². The number of nitrogens with zero attached hydrogens (tertiary/aromatic N) is 3. The molecule has 0 bridgehead atoms. The van der Waals surface area contributed by atoms with Crippen LogP contribution in [0.5, 0.6) is 0 Å². The van der Waals surface area contributed by atoms with Crippen LogP contribution in [0.1, 0.15) is 25.0 Å². The smallest absolute Gasteiger partial charge is 0.317 e. The highest BCUT2D eigenvalue weighted by atomic mass is 16.5. The van der Waals surface area contributed by atoms with Crippen LogP contribution >= 0.6 is 0 Å². The third kappa shape index (κ3) is 5.67. The van der Waals surface area contributed by atoms with Gasteiger partial charge in [-0.05, 0) is 26.3 Å². The molecule has 27 heavy (non-hydrogen) atoms. The Morgan fingerprint density at radius 1 is 1.11 bits per heavy atom. The number of carbonyl (C=O) groups excluding carboxylic acids is 1. The van der Waals surface area contributed by atoms with Crippen LogP contribution in [-0.2, 0) is 11.3 Å². The fourth-order valence-corrected chi connectivity index (χ4v) is 3.86. The first-order valence-electron chi connectivity index (χ1n) is 10.1. The van der Waals surface area contributed by atoms with Crippen LogP contribution in [-0.4, -0.2) is 85.3 Å². The summed E-state index contributed by atoms with van der Waals surface area (Å²) in [6.07, 6.45) is 0. The van der Waals surface area contributed by atoms with Gasteiger partial charge in [0.2, 0.25) is 0 Å². The minimum Gasteiger partial charge on any atom is -0.379 e. The zero-order chi connectivity index (χ0) is 19.3. The number of nitrogens with one attached hydrogen (secondary N) is 1. The SMILES string of the molecule is Cc1cccc(CN2CCN(C(=O)NCC(C)(C)N3CCOCC3)CC2)c1. The molecule has 0 spiro atoms. The average molecular weight is 375 g/mol. The molecule has 6 heteroatoms. The zero-order valence-corrected chi connectivity index (χ0v) is 17.0. The summed E-state index contributed by atoms with van der Waals surface area (Å²) in [5.41, 5.74) is 2.60. The van der Waals surface area contributed by atoms with Crippen molar-refractivity contribution in [3.05, 3.63) is 35.4 Å². The molecule has 2 saturated heterocycles. The summed E-state index contributed by atoms with van der Waals surface area (Å²) >= 11 is 0. The molecule has 0 aliphatic carbocycles. The number of piperazine rings is 1. The van der Waals surface area contributed by atoms with E-state index in [2.05, 4.69) is 60.2 Å². The largest absolute Gasteiger partial charge is 0.379 e. The van der Waals surface area contributed by atoms with Crippen LogP contribution in [0.15, 0.2) is 24.3 Å². The molecule has 1 aromatic carbocycles. The van der Waals surface area contributed by atoms with Crippen molar-refractivity contribution in [2.45, 2.75) is 32.9 Å². The molecule has 3 rings (SSSR count). The number of aryl methyl sites for hydroxylation is 1. The Balaban J connectivity index is 1.41. The Morgan fingerprint density at radius 3 is 2.48 bits per heavy atom. The van der Waals surface area contributed by atoms with E-state index >= 15 is 0 Å². The summed E-state index contributed by atoms with van der Waals surface area (Å²) in [5, 5.41) is 3.15. The van der Waals surface area contributed by atoms with Gasteiger partial charge in [0.15, 0.2) is 0 Å². The molecule has 1 N–H and O–H groups in total. The molecule has 2 heterocycles. The summed E-state index contributed by atoms with van der Waals surface area (Å²) in [4.78, 5) is 19.4. The van der Waals surface area contributed by atoms with E-state index in [-0.39, 0.29) is 11.6 Å². The first-order valence-corrected chi connectivity index (χ1v) is 10.1. The number of rotatable bonds is 5. The summed E-state index contributed by atoms with van der Waals surface area (Å²) in [5.74, 6) is 0. The Kier molecular flexibility index (Phi) is 6.73. The number of hydrogen-bond donors (Lipinski definition) is 1. The van der Waals surface area contributed by atoms with Crippen molar-refractivity contribution in [3.63, 3.8) is 0 Å². The van der Waals surface area contributed by atoms with Crippen LogP contribution in [0.3, 0.4) is 0 Å². The highest BCUT2D eigenvalue weighted by Crippen LogP contribution is 2.15. The number of amides is 2. The van der Waals surface area contributed by atoms with Gasteiger partial charge in [-0.3, -0.25) is 9.80 Å². The molecule has 0 unspecified atom stereocenters. The van der Waals surface area contributed by atoms with Gasteiger partial charge in [-0.25, -0.2) is 4.79 Å². The third-order valence-electron chi connectivity index (χ3n) is 5.69. The molecular formula is C21H34N4O2. The molecular weight excluding hydrogens is 340 g/mol. The van der Waals surface area contributed by atoms with E-state index in [0.717, 1.165) is 59.0 Å². The normalized spacial score (nSPS) is 19.9. The molecule has 2 aliphatic rings. The monoisotopic (exact) mass is 374 g/mol. The van der Waals surface area contributed by atoms with Gasteiger partial charge >= 0.3 is 6.03 Å². The van der Waals surface area contributed by atoms with Gasteiger partial charge in [-0.1, -0.05) is 29.8 Å². The van der Waals surface area contributed by atoms with Gasteiger partial charge in [-0.15, -0.1) is 0 Å². The van der Waals surface area contributed by atoms with Crippen LogP contribution < -0.4 is 5.32 Å². The average Bonchev–Trinajstić information content (AvgIpc) is 2.67. The second-order valence-corrected chi connectivity index (χ2v) is 8.32. The number of morpholine rings is 1. The first-order chi connectivity index (χ1) is 12.9. The lowest BCUT2D eigenvalue weighted by molar-refractivity contribution is -0.00917. The lowest BCUT2D eigenvalue weighted by Gasteiger charge is -2.41. The Hall–Kier alpha value is -1.63. The lowest BCUT2D eigenvalue weighted by Crippen LogP contribution is -2.58. The standard InChI is InChI=1S/C21H34N4O2/c1-18-5-4-6-19(15-18)16-23-7-9-24(10-8-23)20(26)22-17-21(2,3)25-11-13-27-14-12-25/h4-6,15H,7-14,16-17H2,1-3H3,(H,22,26). The van der Waals surface area contributed by atoms with Crippen LogP contribution in [0.4, 0.5) is 4.79 Å². The number of urea groups is 1. The van der Waals surface area contributed by atoms with Crippen LogP contribution in [0.25, 0.3) is 0 Å². The molecule has 1 aromatic rings. The molecule has 2 aliphatic heterocycles.